The van der Waals surface area contributed by atoms with Crippen molar-refractivity contribution in [3.63, 3.8) is 0 Å². The van der Waals surface area contributed by atoms with Crippen molar-refractivity contribution in [3.05, 3.63) is 47.5 Å². The molecule has 2 heterocycles. The first kappa shape index (κ1) is 32.1. The number of carbonyl (C=O) groups excluding carboxylic acids is 4. The number of morpholine rings is 1. The van der Waals surface area contributed by atoms with Crippen LogP contribution in [0.1, 0.15) is 81.3 Å². The van der Waals surface area contributed by atoms with E-state index in [9.17, 15) is 19.2 Å². The van der Waals surface area contributed by atoms with Gasteiger partial charge >= 0.3 is 0 Å². The molecule has 43 heavy (non-hydrogen) atoms. The van der Waals surface area contributed by atoms with Crippen molar-refractivity contribution in [1.29, 1.82) is 0 Å². The van der Waals surface area contributed by atoms with Crippen LogP contribution in [0.4, 0.5) is 10.1 Å². The van der Waals surface area contributed by atoms with Crippen LogP contribution in [0.15, 0.2) is 30.5 Å². The number of carbonyl (C=O) groups is 4. The molecule has 1 saturated heterocycles. The molecular weight excluding hydrogens is 555 g/mol. The van der Waals surface area contributed by atoms with Gasteiger partial charge in [0.25, 0.3) is 5.91 Å². The summed E-state index contributed by atoms with van der Waals surface area (Å²) in [7, 11) is 0. The van der Waals surface area contributed by atoms with Crippen LogP contribution in [0.3, 0.4) is 0 Å². The Morgan fingerprint density at radius 3 is 2.42 bits per heavy atom. The van der Waals surface area contributed by atoms with Gasteiger partial charge in [0.2, 0.25) is 17.7 Å². The number of halogens is 1. The summed E-state index contributed by atoms with van der Waals surface area (Å²) < 4.78 is 22.4. The van der Waals surface area contributed by atoms with E-state index in [-0.39, 0.29) is 29.8 Å². The predicted molar refractivity (Wildman–Crippen MR) is 159 cm³/mol. The van der Waals surface area contributed by atoms with E-state index in [4.69, 9.17) is 4.74 Å². The van der Waals surface area contributed by atoms with Crippen LogP contribution < -0.4 is 16.0 Å². The minimum absolute atomic E-state index is 0.0248. The Kier molecular flexibility index (Phi) is 11.3. The van der Waals surface area contributed by atoms with Gasteiger partial charge in [-0.1, -0.05) is 39.2 Å². The fourth-order valence-corrected chi connectivity index (χ4v) is 5.83. The van der Waals surface area contributed by atoms with Crippen LogP contribution in [0, 0.1) is 11.7 Å². The van der Waals surface area contributed by atoms with Gasteiger partial charge in [0.1, 0.15) is 23.6 Å². The molecule has 0 spiro atoms. The van der Waals surface area contributed by atoms with Crippen LogP contribution in [-0.2, 0) is 25.7 Å². The number of ether oxygens (including phenoxy) is 1. The minimum atomic E-state index is -0.882. The van der Waals surface area contributed by atoms with E-state index in [0.717, 1.165) is 32.1 Å². The molecule has 1 aliphatic carbocycles. The van der Waals surface area contributed by atoms with Gasteiger partial charge in [-0.3, -0.25) is 23.9 Å². The Bertz CT molecular complexity index is 1290. The van der Waals surface area contributed by atoms with Crippen LogP contribution in [0.2, 0.25) is 0 Å². The van der Waals surface area contributed by atoms with E-state index in [1.807, 2.05) is 6.92 Å². The van der Waals surface area contributed by atoms with Crippen molar-refractivity contribution in [2.24, 2.45) is 5.92 Å². The van der Waals surface area contributed by atoms with Gasteiger partial charge in [0.05, 0.1) is 18.9 Å². The standard InChI is InChI=1S/C31H43FN6O5/c1-4-26(39)35-27(31(42)37-15-17-43-18-16-37)20(3)22-11-12-24(23(32)19-22)34-30(41)28(21-9-7-6-8-10-21)36-29(40)25-13-14-33-38(25)5-2/h11-14,19-21,27-28H,4-10,15-18H2,1-3H3,(H,34,41)(H,35,39)(H,36,40). The zero-order valence-electron chi connectivity index (χ0n) is 25.2. The first-order valence-corrected chi connectivity index (χ1v) is 15.3. The lowest BCUT2D eigenvalue weighted by atomic mass is 9.83. The quantitative estimate of drug-likeness (QED) is 0.364. The smallest absolute Gasteiger partial charge is 0.270 e. The molecule has 234 valence electrons. The number of amides is 4. The predicted octanol–water partition coefficient (Wildman–Crippen LogP) is 3.22. The lowest BCUT2D eigenvalue weighted by molar-refractivity contribution is -0.140. The van der Waals surface area contributed by atoms with E-state index >= 15 is 4.39 Å². The third-order valence-electron chi connectivity index (χ3n) is 8.44. The number of aromatic nitrogens is 2. The normalized spacial score (nSPS) is 17.9. The van der Waals surface area contributed by atoms with Crippen LogP contribution in [0.25, 0.3) is 0 Å². The van der Waals surface area contributed by atoms with Crippen molar-refractivity contribution < 1.29 is 28.3 Å². The number of hydrogen-bond acceptors (Lipinski definition) is 6. The first-order valence-electron chi connectivity index (χ1n) is 15.3. The second-order valence-corrected chi connectivity index (χ2v) is 11.2. The van der Waals surface area contributed by atoms with E-state index in [2.05, 4.69) is 21.0 Å². The fourth-order valence-electron chi connectivity index (χ4n) is 5.83. The lowest BCUT2D eigenvalue weighted by Crippen LogP contribution is -2.53. The van der Waals surface area contributed by atoms with Crippen molar-refractivity contribution in [3.8, 4) is 0 Å². The Labute approximate surface area is 251 Å². The Morgan fingerprint density at radius 2 is 1.77 bits per heavy atom. The molecule has 1 aromatic heterocycles. The number of aryl methyl sites for hydroxylation is 1. The number of hydrogen-bond donors (Lipinski definition) is 3. The van der Waals surface area contributed by atoms with Crippen molar-refractivity contribution in [2.75, 3.05) is 31.6 Å². The molecule has 3 unspecified atom stereocenters. The topological polar surface area (TPSA) is 135 Å². The number of rotatable bonds is 11. The highest BCUT2D eigenvalue weighted by atomic mass is 19.1. The van der Waals surface area contributed by atoms with Gasteiger partial charge in [-0.05, 0) is 49.4 Å². The van der Waals surface area contributed by atoms with Gasteiger partial charge in [-0.15, -0.1) is 0 Å². The van der Waals surface area contributed by atoms with E-state index in [0.29, 0.717) is 44.1 Å². The molecule has 12 heteroatoms. The molecule has 1 aliphatic heterocycles. The summed E-state index contributed by atoms with van der Waals surface area (Å²) in [6, 6.07) is 4.27. The Hall–Kier alpha value is -3.80. The molecule has 4 amide bonds. The molecule has 2 aromatic rings. The van der Waals surface area contributed by atoms with Crippen molar-refractivity contribution in [2.45, 2.75) is 83.8 Å². The average molecular weight is 599 g/mol. The van der Waals surface area contributed by atoms with Crippen LogP contribution in [0.5, 0.6) is 0 Å². The number of nitrogens with one attached hydrogen (secondary N) is 3. The van der Waals surface area contributed by atoms with Gasteiger partial charge in [-0.25, -0.2) is 4.39 Å². The highest BCUT2D eigenvalue weighted by Gasteiger charge is 2.34. The Balaban J connectivity index is 1.51. The van der Waals surface area contributed by atoms with Crippen LogP contribution >= 0.6 is 0 Å². The molecule has 1 aromatic carbocycles. The molecule has 2 fully saturated rings. The van der Waals surface area contributed by atoms with Gasteiger partial charge in [0.15, 0.2) is 0 Å². The van der Waals surface area contributed by atoms with Gasteiger partial charge < -0.3 is 25.6 Å². The van der Waals surface area contributed by atoms with Crippen molar-refractivity contribution in [1.82, 2.24) is 25.3 Å². The molecule has 2 aliphatic rings. The Morgan fingerprint density at radius 1 is 1.05 bits per heavy atom. The van der Waals surface area contributed by atoms with Crippen molar-refractivity contribution >= 4 is 29.3 Å². The SMILES string of the molecule is CCC(=O)NC(C(=O)N1CCOCC1)C(C)c1ccc(NC(=O)C(NC(=O)c2ccnn2CC)C2CCCCC2)c(F)c1. The zero-order chi connectivity index (χ0) is 30.9. The second-order valence-electron chi connectivity index (χ2n) is 11.2. The van der Waals surface area contributed by atoms with E-state index in [1.165, 1.54) is 12.1 Å². The van der Waals surface area contributed by atoms with E-state index < -0.39 is 35.6 Å². The molecule has 1 saturated carbocycles. The number of anilines is 1. The fraction of sp³-hybridized carbons (Fsp3) is 0.581. The maximum atomic E-state index is 15.5. The summed E-state index contributed by atoms with van der Waals surface area (Å²) in [5.74, 6) is -2.70. The molecular formula is C31H43FN6O5. The van der Waals surface area contributed by atoms with Crippen LogP contribution in [-0.4, -0.2) is 76.7 Å². The minimum Gasteiger partial charge on any atom is -0.378 e. The molecule has 3 N–H and O–H groups in total. The lowest BCUT2D eigenvalue weighted by Gasteiger charge is -2.33. The number of benzene rings is 1. The molecule has 0 bridgehead atoms. The third kappa shape index (κ3) is 7.98. The highest BCUT2D eigenvalue weighted by molar-refractivity contribution is 6.00. The molecule has 11 nitrogen and oxygen atoms in total. The number of nitrogens with zero attached hydrogens (tertiary/aromatic N) is 3. The molecule has 4 rings (SSSR count). The summed E-state index contributed by atoms with van der Waals surface area (Å²) >= 11 is 0. The summed E-state index contributed by atoms with van der Waals surface area (Å²) in [6.45, 7) is 7.53. The monoisotopic (exact) mass is 598 g/mol. The first-order chi connectivity index (χ1) is 20.7. The maximum Gasteiger partial charge on any atom is 0.270 e. The largest absolute Gasteiger partial charge is 0.378 e. The van der Waals surface area contributed by atoms with E-state index in [1.54, 1.807) is 41.8 Å². The summed E-state index contributed by atoms with van der Waals surface area (Å²) in [6.07, 6.45) is 6.30. The van der Waals surface area contributed by atoms with Gasteiger partial charge in [-0.2, -0.15) is 5.10 Å². The third-order valence-corrected chi connectivity index (χ3v) is 8.44. The van der Waals surface area contributed by atoms with Gasteiger partial charge in [0, 0.05) is 38.2 Å². The molecule has 3 atom stereocenters. The maximum absolute atomic E-state index is 15.5. The summed E-state index contributed by atoms with van der Waals surface area (Å²) in [4.78, 5) is 54.0. The zero-order valence-corrected chi connectivity index (χ0v) is 25.2. The summed E-state index contributed by atoms with van der Waals surface area (Å²) in [5.41, 5.74) is 0.837. The summed E-state index contributed by atoms with van der Waals surface area (Å²) in [5, 5.41) is 12.5. The molecule has 0 radical (unpaired) electrons. The highest BCUT2D eigenvalue weighted by Crippen LogP contribution is 2.29. The average Bonchev–Trinajstić information content (AvgIpc) is 3.52. The second kappa shape index (κ2) is 15.1.